The van der Waals surface area contributed by atoms with Gasteiger partial charge in [-0.1, -0.05) is 49.4 Å². The van der Waals surface area contributed by atoms with Gasteiger partial charge in [0.25, 0.3) is 5.91 Å². The van der Waals surface area contributed by atoms with E-state index in [-0.39, 0.29) is 5.56 Å². The average Bonchev–Trinajstić information content (AvgIpc) is 3.46. The summed E-state index contributed by atoms with van der Waals surface area (Å²) < 4.78 is 38.4. The minimum atomic E-state index is -4.45. The molecule has 1 aliphatic rings. The summed E-state index contributed by atoms with van der Waals surface area (Å²) >= 11 is 5.94. The highest BCUT2D eigenvalue weighted by Gasteiger charge is 2.30. The number of hydrogen-bond acceptors (Lipinski definition) is 3. The van der Waals surface area contributed by atoms with E-state index < -0.39 is 17.6 Å². The van der Waals surface area contributed by atoms with Gasteiger partial charge >= 0.3 is 6.18 Å². The van der Waals surface area contributed by atoms with Gasteiger partial charge in [-0.3, -0.25) is 9.89 Å². The van der Waals surface area contributed by atoms with Gasteiger partial charge in [0, 0.05) is 23.1 Å². The fourth-order valence-electron chi connectivity index (χ4n) is 3.91. The summed E-state index contributed by atoms with van der Waals surface area (Å²) in [5, 5.41) is 10.6. The van der Waals surface area contributed by atoms with Gasteiger partial charge in [-0.15, -0.1) is 0 Å². The van der Waals surface area contributed by atoms with Crippen LogP contribution in [0.25, 0.3) is 11.3 Å². The van der Waals surface area contributed by atoms with Crippen molar-refractivity contribution < 1.29 is 18.0 Å². The maximum absolute atomic E-state index is 12.8. The van der Waals surface area contributed by atoms with Crippen LogP contribution in [0.15, 0.2) is 59.6 Å². The topological polar surface area (TPSA) is 70.1 Å². The summed E-state index contributed by atoms with van der Waals surface area (Å²) in [7, 11) is 0. The highest BCUT2D eigenvalue weighted by atomic mass is 35.5. The van der Waals surface area contributed by atoms with Crippen molar-refractivity contribution in [1.82, 2.24) is 15.5 Å². The molecule has 0 unspecified atom stereocenters. The van der Waals surface area contributed by atoms with Gasteiger partial charge in [0.05, 0.1) is 11.3 Å². The molecule has 0 aliphatic heterocycles. The monoisotopic (exact) mass is 474 g/mol. The Morgan fingerprint density at radius 2 is 1.76 bits per heavy atom. The third-order valence-electron chi connectivity index (χ3n) is 5.66. The number of aliphatic imine (C=N–C) groups is 1. The SMILES string of the molecule is O=C(NC(CC1CCCC1)=Nc1cc(-c2ccc(Cl)cc2)[nH]n1)c1ccc(C(F)(F)F)cc1. The van der Waals surface area contributed by atoms with E-state index in [1.807, 2.05) is 12.1 Å². The van der Waals surface area contributed by atoms with Gasteiger partial charge in [0.15, 0.2) is 5.82 Å². The van der Waals surface area contributed by atoms with Crippen molar-refractivity contribution in [3.63, 3.8) is 0 Å². The number of halogens is 4. The minimum Gasteiger partial charge on any atom is -0.310 e. The molecule has 1 saturated carbocycles. The highest BCUT2D eigenvalue weighted by Crippen LogP contribution is 2.30. The van der Waals surface area contributed by atoms with Crippen molar-refractivity contribution in [1.29, 1.82) is 0 Å². The molecular weight excluding hydrogens is 453 g/mol. The summed E-state index contributed by atoms with van der Waals surface area (Å²) in [6.07, 6.45) is 0.473. The Hall–Kier alpha value is -3.13. The number of benzene rings is 2. The molecule has 3 aromatic rings. The zero-order chi connectivity index (χ0) is 23.4. The zero-order valence-electron chi connectivity index (χ0n) is 17.6. The summed E-state index contributed by atoms with van der Waals surface area (Å²) in [5.41, 5.74) is 0.968. The Labute approximate surface area is 194 Å². The predicted molar refractivity (Wildman–Crippen MR) is 122 cm³/mol. The zero-order valence-corrected chi connectivity index (χ0v) is 18.4. The van der Waals surface area contributed by atoms with Gasteiger partial charge in [0.1, 0.15) is 5.84 Å². The van der Waals surface area contributed by atoms with E-state index in [2.05, 4.69) is 20.5 Å². The molecule has 1 amide bonds. The fourth-order valence-corrected chi connectivity index (χ4v) is 4.04. The molecule has 33 heavy (non-hydrogen) atoms. The lowest BCUT2D eigenvalue weighted by Crippen LogP contribution is -2.31. The molecule has 0 spiro atoms. The molecular formula is C24H22ClF3N4O. The number of carbonyl (C=O) groups is 1. The van der Waals surface area contributed by atoms with Crippen molar-refractivity contribution in [3.05, 3.63) is 70.7 Å². The van der Waals surface area contributed by atoms with Crippen molar-refractivity contribution in [2.24, 2.45) is 10.9 Å². The Morgan fingerprint density at radius 1 is 1.09 bits per heavy atom. The molecule has 2 N–H and O–H groups in total. The van der Waals surface area contributed by atoms with E-state index in [1.165, 1.54) is 12.1 Å². The van der Waals surface area contributed by atoms with Gasteiger partial charge in [-0.05, 0) is 47.9 Å². The number of aromatic amines is 1. The predicted octanol–water partition coefficient (Wildman–Crippen LogP) is 6.79. The Balaban J connectivity index is 1.54. The number of hydrogen-bond donors (Lipinski definition) is 2. The molecule has 0 saturated heterocycles. The molecule has 172 valence electrons. The first-order valence-corrected chi connectivity index (χ1v) is 11.0. The molecule has 5 nitrogen and oxygen atoms in total. The van der Waals surface area contributed by atoms with Crippen LogP contribution >= 0.6 is 11.6 Å². The molecule has 0 radical (unpaired) electrons. The van der Waals surface area contributed by atoms with E-state index in [1.54, 1.807) is 18.2 Å². The summed E-state index contributed by atoms with van der Waals surface area (Å²) in [6, 6.07) is 13.2. The van der Waals surface area contributed by atoms with Gasteiger partial charge in [-0.25, -0.2) is 4.99 Å². The second kappa shape index (κ2) is 9.79. The van der Waals surface area contributed by atoms with E-state index in [9.17, 15) is 18.0 Å². The van der Waals surface area contributed by atoms with Crippen LogP contribution in [0.5, 0.6) is 0 Å². The minimum absolute atomic E-state index is 0.131. The van der Waals surface area contributed by atoms with Crippen LogP contribution in [0, 0.1) is 5.92 Å². The number of amidine groups is 1. The van der Waals surface area contributed by atoms with Gasteiger partial charge in [-0.2, -0.15) is 18.3 Å². The van der Waals surface area contributed by atoms with Crippen molar-refractivity contribution in [3.8, 4) is 11.3 Å². The van der Waals surface area contributed by atoms with Crippen LogP contribution in [-0.2, 0) is 6.18 Å². The standard InChI is InChI=1S/C24H22ClF3N4O/c25-19-11-7-16(8-12-19)20-14-22(32-31-20)29-21(13-15-3-1-2-4-15)30-23(33)17-5-9-18(10-6-17)24(26,27)28/h5-12,14-15H,1-4,13H2,(H2,29,30,31,32,33). The van der Waals surface area contributed by atoms with Crippen LogP contribution in [0.4, 0.5) is 19.0 Å². The number of nitrogens with zero attached hydrogens (tertiary/aromatic N) is 2. The number of amides is 1. The average molecular weight is 475 g/mol. The molecule has 0 atom stereocenters. The summed E-state index contributed by atoms with van der Waals surface area (Å²) in [4.78, 5) is 17.3. The second-order valence-electron chi connectivity index (χ2n) is 8.09. The molecule has 1 heterocycles. The van der Waals surface area contributed by atoms with Crippen molar-refractivity contribution in [2.45, 2.75) is 38.3 Å². The molecule has 0 bridgehead atoms. The number of rotatable bonds is 5. The van der Waals surface area contributed by atoms with E-state index in [0.717, 1.165) is 49.1 Å². The lowest BCUT2D eigenvalue weighted by atomic mass is 10.0. The maximum Gasteiger partial charge on any atom is 0.416 e. The largest absolute Gasteiger partial charge is 0.416 e. The van der Waals surface area contributed by atoms with Crippen LogP contribution in [0.2, 0.25) is 5.02 Å². The Kier molecular flexibility index (Phi) is 6.83. The number of nitrogens with one attached hydrogen (secondary N) is 2. The highest BCUT2D eigenvalue weighted by molar-refractivity contribution is 6.30. The first-order valence-electron chi connectivity index (χ1n) is 10.7. The van der Waals surface area contributed by atoms with Gasteiger partial charge in [0.2, 0.25) is 0 Å². The Bertz CT molecular complexity index is 1130. The van der Waals surface area contributed by atoms with E-state index in [0.29, 0.717) is 29.0 Å². The molecule has 9 heteroatoms. The first-order chi connectivity index (χ1) is 15.8. The van der Waals surface area contributed by atoms with Crippen LogP contribution < -0.4 is 5.32 Å². The third kappa shape index (κ3) is 6.01. The van der Waals surface area contributed by atoms with Gasteiger partial charge < -0.3 is 5.32 Å². The molecule has 4 rings (SSSR count). The van der Waals surface area contributed by atoms with Crippen LogP contribution in [-0.4, -0.2) is 21.9 Å². The maximum atomic E-state index is 12.8. The molecule has 1 fully saturated rings. The lowest BCUT2D eigenvalue weighted by molar-refractivity contribution is -0.137. The summed E-state index contributed by atoms with van der Waals surface area (Å²) in [5.74, 6) is 0.738. The second-order valence-corrected chi connectivity index (χ2v) is 8.53. The number of carbonyl (C=O) groups excluding carboxylic acids is 1. The molecule has 1 aliphatic carbocycles. The summed E-state index contributed by atoms with van der Waals surface area (Å²) in [6.45, 7) is 0. The van der Waals surface area contributed by atoms with Crippen molar-refractivity contribution >= 4 is 29.2 Å². The molecule has 2 aromatic carbocycles. The van der Waals surface area contributed by atoms with Crippen molar-refractivity contribution in [2.75, 3.05) is 0 Å². The Morgan fingerprint density at radius 3 is 2.39 bits per heavy atom. The third-order valence-corrected chi connectivity index (χ3v) is 5.91. The number of alkyl halides is 3. The number of aromatic nitrogens is 2. The lowest BCUT2D eigenvalue weighted by Gasteiger charge is -2.13. The van der Waals surface area contributed by atoms with Crippen LogP contribution in [0.1, 0.15) is 48.0 Å². The number of H-pyrrole nitrogens is 1. The fraction of sp³-hybridized carbons (Fsp3) is 0.292. The smallest absolute Gasteiger partial charge is 0.310 e. The quantitative estimate of drug-likeness (QED) is 0.315. The van der Waals surface area contributed by atoms with E-state index >= 15 is 0 Å². The molecule has 1 aromatic heterocycles. The van der Waals surface area contributed by atoms with E-state index in [4.69, 9.17) is 11.6 Å². The van der Waals surface area contributed by atoms with Crippen LogP contribution in [0.3, 0.4) is 0 Å². The normalized spacial score (nSPS) is 15.1. The first kappa shape index (κ1) is 23.0.